The van der Waals surface area contributed by atoms with Gasteiger partial charge in [0, 0.05) is 18.2 Å². The van der Waals surface area contributed by atoms with Gasteiger partial charge in [0.1, 0.15) is 0 Å². The van der Waals surface area contributed by atoms with Crippen LogP contribution in [0.3, 0.4) is 0 Å². The summed E-state index contributed by atoms with van der Waals surface area (Å²) in [6, 6.07) is 7.99. The SMILES string of the molecule is CCCCCCCCOC(CNCC)c1cccc(Cl)c1. The molecule has 0 aromatic heterocycles. The van der Waals surface area contributed by atoms with Crippen LogP contribution in [0.15, 0.2) is 24.3 Å². The Hall–Kier alpha value is -0.570. The summed E-state index contributed by atoms with van der Waals surface area (Å²) >= 11 is 6.08. The zero-order chi connectivity index (χ0) is 15.3. The minimum atomic E-state index is 0.0966. The van der Waals surface area contributed by atoms with E-state index in [-0.39, 0.29) is 6.10 Å². The standard InChI is InChI=1S/C18H30ClNO/c1-3-5-6-7-8-9-13-21-18(15-20-4-2)16-11-10-12-17(19)14-16/h10-12,14,18,20H,3-9,13,15H2,1-2H3. The highest BCUT2D eigenvalue weighted by molar-refractivity contribution is 6.30. The van der Waals surface area contributed by atoms with E-state index in [1.807, 2.05) is 18.2 Å². The van der Waals surface area contributed by atoms with Gasteiger partial charge in [-0.1, -0.05) is 69.7 Å². The number of hydrogen-bond donors (Lipinski definition) is 1. The Bertz CT molecular complexity index is 370. The first-order valence-corrected chi connectivity index (χ1v) is 8.73. The molecule has 0 radical (unpaired) electrons. The van der Waals surface area contributed by atoms with E-state index in [0.29, 0.717) is 0 Å². The molecule has 0 saturated heterocycles. The summed E-state index contributed by atoms with van der Waals surface area (Å²) in [6.45, 7) is 6.99. The lowest BCUT2D eigenvalue weighted by Gasteiger charge is -2.19. The number of nitrogens with one attached hydrogen (secondary N) is 1. The molecule has 0 spiro atoms. The van der Waals surface area contributed by atoms with Crippen molar-refractivity contribution in [2.75, 3.05) is 19.7 Å². The van der Waals surface area contributed by atoms with Crippen LogP contribution in [0.1, 0.15) is 64.0 Å². The molecule has 1 aromatic carbocycles. The molecule has 1 unspecified atom stereocenters. The highest BCUT2D eigenvalue weighted by Crippen LogP contribution is 2.21. The van der Waals surface area contributed by atoms with Gasteiger partial charge < -0.3 is 10.1 Å². The summed E-state index contributed by atoms with van der Waals surface area (Å²) in [5.74, 6) is 0. The van der Waals surface area contributed by atoms with Gasteiger partial charge in [0.25, 0.3) is 0 Å². The highest BCUT2D eigenvalue weighted by Gasteiger charge is 2.11. The summed E-state index contributed by atoms with van der Waals surface area (Å²) in [7, 11) is 0. The van der Waals surface area contributed by atoms with E-state index in [1.54, 1.807) is 0 Å². The molecule has 0 aliphatic rings. The molecule has 21 heavy (non-hydrogen) atoms. The quantitative estimate of drug-likeness (QED) is 0.524. The smallest absolute Gasteiger partial charge is 0.0949 e. The monoisotopic (exact) mass is 311 g/mol. The van der Waals surface area contributed by atoms with E-state index < -0.39 is 0 Å². The average molecular weight is 312 g/mol. The number of rotatable bonds is 12. The first kappa shape index (κ1) is 18.5. The first-order valence-electron chi connectivity index (χ1n) is 8.35. The van der Waals surface area contributed by atoms with E-state index >= 15 is 0 Å². The van der Waals surface area contributed by atoms with E-state index in [9.17, 15) is 0 Å². The Kier molecular flexibility index (Phi) is 10.6. The second kappa shape index (κ2) is 12.0. The maximum atomic E-state index is 6.08. The molecule has 120 valence electrons. The van der Waals surface area contributed by atoms with Gasteiger partial charge in [0.15, 0.2) is 0 Å². The van der Waals surface area contributed by atoms with E-state index in [2.05, 4.69) is 25.2 Å². The maximum absolute atomic E-state index is 6.08. The van der Waals surface area contributed by atoms with Gasteiger partial charge in [-0.2, -0.15) is 0 Å². The van der Waals surface area contributed by atoms with E-state index in [4.69, 9.17) is 16.3 Å². The van der Waals surface area contributed by atoms with Crippen LogP contribution < -0.4 is 5.32 Å². The third-order valence-electron chi connectivity index (χ3n) is 3.62. The van der Waals surface area contributed by atoms with Crippen LogP contribution in [0.4, 0.5) is 0 Å². The number of halogens is 1. The van der Waals surface area contributed by atoms with Gasteiger partial charge in [-0.15, -0.1) is 0 Å². The third-order valence-corrected chi connectivity index (χ3v) is 3.85. The Morgan fingerprint density at radius 3 is 2.57 bits per heavy atom. The normalized spacial score (nSPS) is 12.5. The predicted octanol–water partition coefficient (Wildman–Crippen LogP) is 5.37. The molecule has 0 amide bonds. The predicted molar refractivity (Wildman–Crippen MR) is 92.1 cm³/mol. The summed E-state index contributed by atoms with van der Waals surface area (Å²) < 4.78 is 6.07. The fraction of sp³-hybridized carbons (Fsp3) is 0.667. The second-order valence-electron chi connectivity index (χ2n) is 5.49. The van der Waals surface area contributed by atoms with Crippen LogP contribution in [-0.4, -0.2) is 19.7 Å². The number of unbranched alkanes of at least 4 members (excludes halogenated alkanes) is 5. The summed E-state index contributed by atoms with van der Waals surface area (Å²) in [4.78, 5) is 0. The second-order valence-corrected chi connectivity index (χ2v) is 5.93. The molecule has 0 aliphatic carbocycles. The van der Waals surface area contributed by atoms with E-state index in [1.165, 1.54) is 32.1 Å². The van der Waals surface area contributed by atoms with Crippen molar-refractivity contribution in [3.63, 3.8) is 0 Å². The molecule has 0 fully saturated rings. The Labute approximate surface area is 135 Å². The molecular formula is C18H30ClNO. The van der Waals surface area contributed by atoms with Crippen molar-refractivity contribution in [1.82, 2.24) is 5.32 Å². The van der Waals surface area contributed by atoms with Gasteiger partial charge in [-0.05, 0) is 30.7 Å². The van der Waals surface area contributed by atoms with Crippen LogP contribution in [0.5, 0.6) is 0 Å². The van der Waals surface area contributed by atoms with Crippen molar-refractivity contribution < 1.29 is 4.74 Å². The molecule has 1 atom stereocenters. The zero-order valence-electron chi connectivity index (χ0n) is 13.5. The van der Waals surface area contributed by atoms with E-state index in [0.717, 1.165) is 36.7 Å². The van der Waals surface area contributed by atoms with Gasteiger partial charge in [0.2, 0.25) is 0 Å². The van der Waals surface area contributed by atoms with Crippen molar-refractivity contribution in [1.29, 1.82) is 0 Å². The summed E-state index contributed by atoms with van der Waals surface area (Å²) in [5.41, 5.74) is 1.16. The molecule has 3 heteroatoms. The average Bonchev–Trinajstić information content (AvgIpc) is 2.49. The summed E-state index contributed by atoms with van der Waals surface area (Å²) in [6.07, 6.45) is 7.84. The van der Waals surface area contributed by atoms with Gasteiger partial charge >= 0.3 is 0 Å². The molecule has 0 bridgehead atoms. The molecule has 0 heterocycles. The largest absolute Gasteiger partial charge is 0.372 e. The molecule has 1 N–H and O–H groups in total. The minimum Gasteiger partial charge on any atom is -0.372 e. The number of hydrogen-bond acceptors (Lipinski definition) is 2. The van der Waals surface area contributed by atoms with Crippen molar-refractivity contribution in [3.8, 4) is 0 Å². The number of ether oxygens (including phenoxy) is 1. The Morgan fingerprint density at radius 2 is 1.86 bits per heavy atom. The number of likely N-dealkylation sites (N-methyl/N-ethyl adjacent to an activating group) is 1. The van der Waals surface area contributed by atoms with Crippen LogP contribution in [0.25, 0.3) is 0 Å². The first-order chi connectivity index (χ1) is 10.3. The fourth-order valence-electron chi connectivity index (χ4n) is 2.36. The topological polar surface area (TPSA) is 21.3 Å². The lowest BCUT2D eigenvalue weighted by Crippen LogP contribution is -2.23. The lowest BCUT2D eigenvalue weighted by atomic mass is 10.1. The minimum absolute atomic E-state index is 0.0966. The Morgan fingerprint density at radius 1 is 1.10 bits per heavy atom. The summed E-state index contributed by atoms with van der Waals surface area (Å²) in [5, 5.41) is 4.14. The maximum Gasteiger partial charge on any atom is 0.0949 e. The fourth-order valence-corrected chi connectivity index (χ4v) is 2.56. The molecular weight excluding hydrogens is 282 g/mol. The third kappa shape index (κ3) is 8.45. The molecule has 2 nitrogen and oxygen atoms in total. The van der Waals surface area contributed by atoms with Crippen molar-refractivity contribution in [2.24, 2.45) is 0 Å². The highest BCUT2D eigenvalue weighted by atomic mass is 35.5. The van der Waals surface area contributed by atoms with Crippen LogP contribution >= 0.6 is 11.6 Å². The van der Waals surface area contributed by atoms with Crippen molar-refractivity contribution in [3.05, 3.63) is 34.9 Å². The molecule has 0 aliphatic heterocycles. The molecule has 0 saturated carbocycles. The zero-order valence-corrected chi connectivity index (χ0v) is 14.3. The molecule has 1 rings (SSSR count). The van der Waals surface area contributed by atoms with Gasteiger partial charge in [-0.3, -0.25) is 0 Å². The lowest BCUT2D eigenvalue weighted by molar-refractivity contribution is 0.0502. The van der Waals surface area contributed by atoms with Gasteiger partial charge in [0.05, 0.1) is 6.10 Å². The van der Waals surface area contributed by atoms with Crippen LogP contribution in [0.2, 0.25) is 5.02 Å². The van der Waals surface area contributed by atoms with Crippen molar-refractivity contribution >= 4 is 11.6 Å². The van der Waals surface area contributed by atoms with Crippen molar-refractivity contribution in [2.45, 2.75) is 58.5 Å². The number of benzene rings is 1. The van der Waals surface area contributed by atoms with Crippen LogP contribution in [0, 0.1) is 0 Å². The Balaban J connectivity index is 2.33. The van der Waals surface area contributed by atoms with Crippen LogP contribution in [-0.2, 0) is 4.74 Å². The van der Waals surface area contributed by atoms with Gasteiger partial charge in [-0.25, -0.2) is 0 Å². The molecule has 1 aromatic rings.